The SMILES string of the molecule is C#CC(=O)Nc1ccc(OCC)cc1. The summed E-state index contributed by atoms with van der Waals surface area (Å²) in [5.41, 5.74) is 0.663. The molecule has 0 atom stereocenters. The van der Waals surface area contributed by atoms with Gasteiger partial charge in [-0.05, 0) is 37.1 Å². The number of anilines is 1. The number of hydrogen-bond donors (Lipinski definition) is 1. The van der Waals surface area contributed by atoms with Crippen molar-refractivity contribution >= 4 is 11.6 Å². The van der Waals surface area contributed by atoms with Crippen LogP contribution in [0.15, 0.2) is 24.3 Å². The predicted molar refractivity (Wildman–Crippen MR) is 55.1 cm³/mol. The van der Waals surface area contributed by atoms with Crippen molar-refractivity contribution in [3.8, 4) is 18.1 Å². The van der Waals surface area contributed by atoms with E-state index in [1.165, 1.54) is 0 Å². The molecule has 0 fully saturated rings. The maximum absolute atomic E-state index is 10.8. The minimum absolute atomic E-state index is 0.450. The highest BCUT2D eigenvalue weighted by Gasteiger charge is 1.97. The maximum atomic E-state index is 10.8. The van der Waals surface area contributed by atoms with Gasteiger partial charge < -0.3 is 10.1 Å². The molecular formula is C11H11NO2. The van der Waals surface area contributed by atoms with Gasteiger partial charge in [0, 0.05) is 5.69 Å². The number of amides is 1. The van der Waals surface area contributed by atoms with Crippen LogP contribution in [0.3, 0.4) is 0 Å². The molecule has 1 aromatic carbocycles. The normalized spacial score (nSPS) is 8.86. The average Bonchev–Trinajstić information content (AvgIpc) is 2.21. The maximum Gasteiger partial charge on any atom is 0.300 e. The Morgan fingerprint density at radius 3 is 2.64 bits per heavy atom. The van der Waals surface area contributed by atoms with Crippen LogP contribution >= 0.6 is 0 Å². The first kappa shape index (κ1) is 10.1. The highest BCUT2D eigenvalue weighted by Crippen LogP contribution is 2.15. The van der Waals surface area contributed by atoms with Crippen LogP contribution < -0.4 is 10.1 Å². The number of benzene rings is 1. The molecule has 0 bridgehead atoms. The summed E-state index contributed by atoms with van der Waals surface area (Å²) >= 11 is 0. The van der Waals surface area contributed by atoms with Gasteiger partial charge in [0.15, 0.2) is 0 Å². The van der Waals surface area contributed by atoms with Crippen LogP contribution in [-0.4, -0.2) is 12.5 Å². The van der Waals surface area contributed by atoms with Crippen LogP contribution in [-0.2, 0) is 4.79 Å². The van der Waals surface area contributed by atoms with E-state index in [0.29, 0.717) is 12.3 Å². The van der Waals surface area contributed by atoms with E-state index in [4.69, 9.17) is 11.2 Å². The van der Waals surface area contributed by atoms with E-state index >= 15 is 0 Å². The monoisotopic (exact) mass is 189 g/mol. The zero-order chi connectivity index (χ0) is 10.4. The Hall–Kier alpha value is -1.95. The number of nitrogens with one attached hydrogen (secondary N) is 1. The summed E-state index contributed by atoms with van der Waals surface area (Å²) in [5, 5.41) is 2.53. The zero-order valence-electron chi connectivity index (χ0n) is 7.91. The van der Waals surface area contributed by atoms with Crippen LogP contribution in [0.1, 0.15) is 6.92 Å². The fraction of sp³-hybridized carbons (Fsp3) is 0.182. The van der Waals surface area contributed by atoms with E-state index in [9.17, 15) is 4.79 Å². The Labute approximate surface area is 83.1 Å². The molecule has 1 amide bonds. The summed E-state index contributed by atoms with van der Waals surface area (Å²) in [6.45, 7) is 2.53. The topological polar surface area (TPSA) is 38.3 Å². The second-order valence-corrected chi connectivity index (χ2v) is 2.56. The lowest BCUT2D eigenvalue weighted by Crippen LogP contribution is -2.07. The molecule has 0 heterocycles. The first-order valence-corrected chi connectivity index (χ1v) is 4.26. The first-order chi connectivity index (χ1) is 6.76. The van der Waals surface area contributed by atoms with E-state index in [-0.39, 0.29) is 0 Å². The average molecular weight is 189 g/mol. The molecule has 1 aromatic rings. The predicted octanol–water partition coefficient (Wildman–Crippen LogP) is 1.66. The molecule has 0 unspecified atom stereocenters. The molecule has 0 radical (unpaired) electrons. The first-order valence-electron chi connectivity index (χ1n) is 4.26. The molecule has 0 spiro atoms. The number of carbonyl (C=O) groups excluding carboxylic acids is 1. The molecule has 0 aliphatic heterocycles. The number of rotatable bonds is 3. The minimum atomic E-state index is -0.450. The smallest absolute Gasteiger partial charge is 0.300 e. The van der Waals surface area contributed by atoms with Crippen molar-refractivity contribution in [1.82, 2.24) is 0 Å². The number of carbonyl (C=O) groups is 1. The molecule has 0 saturated carbocycles. The lowest BCUT2D eigenvalue weighted by atomic mass is 10.3. The van der Waals surface area contributed by atoms with E-state index in [0.717, 1.165) is 5.75 Å². The molecule has 72 valence electrons. The standard InChI is InChI=1S/C11H11NO2/c1-3-11(13)12-9-5-7-10(8-6-9)14-4-2/h1,5-8H,4H2,2H3,(H,12,13). The lowest BCUT2D eigenvalue weighted by molar-refractivity contribution is -0.111. The van der Waals surface area contributed by atoms with Gasteiger partial charge in [-0.2, -0.15) is 0 Å². The minimum Gasteiger partial charge on any atom is -0.494 e. The van der Waals surface area contributed by atoms with Crippen molar-refractivity contribution in [2.45, 2.75) is 6.92 Å². The van der Waals surface area contributed by atoms with E-state index in [1.54, 1.807) is 24.3 Å². The fourth-order valence-electron chi connectivity index (χ4n) is 0.968. The van der Waals surface area contributed by atoms with E-state index < -0.39 is 5.91 Å². The molecule has 0 saturated heterocycles. The second-order valence-electron chi connectivity index (χ2n) is 2.56. The largest absolute Gasteiger partial charge is 0.494 e. The Kier molecular flexibility index (Phi) is 3.57. The van der Waals surface area contributed by atoms with Gasteiger partial charge in [-0.1, -0.05) is 0 Å². The Balaban J connectivity index is 2.65. The molecule has 14 heavy (non-hydrogen) atoms. The Bertz CT molecular complexity index is 349. The summed E-state index contributed by atoms with van der Waals surface area (Å²) in [4.78, 5) is 10.8. The zero-order valence-corrected chi connectivity index (χ0v) is 7.91. The summed E-state index contributed by atoms with van der Waals surface area (Å²) in [5.74, 6) is 2.29. The van der Waals surface area contributed by atoms with Crippen LogP contribution in [0.25, 0.3) is 0 Å². The fourth-order valence-corrected chi connectivity index (χ4v) is 0.968. The molecule has 1 rings (SSSR count). The third-order valence-corrected chi connectivity index (χ3v) is 1.55. The molecule has 0 aliphatic rings. The lowest BCUT2D eigenvalue weighted by Gasteiger charge is -2.04. The van der Waals surface area contributed by atoms with Gasteiger partial charge in [0.05, 0.1) is 6.61 Å². The quantitative estimate of drug-likeness (QED) is 0.734. The van der Waals surface area contributed by atoms with Gasteiger partial charge in [0.1, 0.15) is 5.75 Å². The highest BCUT2D eigenvalue weighted by atomic mass is 16.5. The van der Waals surface area contributed by atoms with Crippen molar-refractivity contribution in [2.24, 2.45) is 0 Å². The van der Waals surface area contributed by atoms with Gasteiger partial charge in [0.25, 0.3) is 5.91 Å². The second kappa shape index (κ2) is 4.93. The molecular weight excluding hydrogens is 178 g/mol. The van der Waals surface area contributed by atoms with Gasteiger partial charge in [-0.25, -0.2) is 0 Å². The number of ether oxygens (including phenoxy) is 1. The van der Waals surface area contributed by atoms with Crippen molar-refractivity contribution < 1.29 is 9.53 Å². The van der Waals surface area contributed by atoms with Crippen LogP contribution in [0.4, 0.5) is 5.69 Å². The van der Waals surface area contributed by atoms with Gasteiger partial charge >= 0.3 is 0 Å². The van der Waals surface area contributed by atoms with Crippen molar-refractivity contribution in [3.05, 3.63) is 24.3 Å². The van der Waals surface area contributed by atoms with Crippen LogP contribution in [0.2, 0.25) is 0 Å². The van der Waals surface area contributed by atoms with Crippen molar-refractivity contribution in [1.29, 1.82) is 0 Å². The van der Waals surface area contributed by atoms with Gasteiger partial charge in [-0.3, -0.25) is 4.79 Å². The molecule has 3 heteroatoms. The number of hydrogen-bond acceptors (Lipinski definition) is 2. The third kappa shape index (κ3) is 2.83. The van der Waals surface area contributed by atoms with E-state index in [1.807, 2.05) is 12.8 Å². The van der Waals surface area contributed by atoms with Crippen molar-refractivity contribution in [3.63, 3.8) is 0 Å². The molecule has 1 N–H and O–H groups in total. The summed E-state index contributed by atoms with van der Waals surface area (Å²) < 4.78 is 5.24. The molecule has 0 aromatic heterocycles. The van der Waals surface area contributed by atoms with E-state index in [2.05, 4.69) is 5.32 Å². The molecule has 3 nitrogen and oxygen atoms in total. The number of terminal acetylenes is 1. The summed E-state index contributed by atoms with van der Waals surface area (Å²) in [6, 6.07) is 7.02. The van der Waals surface area contributed by atoms with Gasteiger partial charge in [-0.15, -0.1) is 6.42 Å². The van der Waals surface area contributed by atoms with Gasteiger partial charge in [0.2, 0.25) is 0 Å². The Morgan fingerprint density at radius 1 is 1.50 bits per heavy atom. The third-order valence-electron chi connectivity index (χ3n) is 1.55. The van der Waals surface area contributed by atoms with Crippen LogP contribution in [0.5, 0.6) is 5.75 Å². The summed E-state index contributed by atoms with van der Waals surface area (Å²) in [7, 11) is 0. The highest BCUT2D eigenvalue weighted by molar-refractivity contribution is 6.03. The van der Waals surface area contributed by atoms with Crippen molar-refractivity contribution in [2.75, 3.05) is 11.9 Å². The summed E-state index contributed by atoms with van der Waals surface area (Å²) in [6.07, 6.45) is 4.91. The Morgan fingerprint density at radius 2 is 2.14 bits per heavy atom. The molecule has 0 aliphatic carbocycles. The van der Waals surface area contributed by atoms with Crippen LogP contribution in [0, 0.1) is 12.3 Å².